The van der Waals surface area contributed by atoms with E-state index < -0.39 is 0 Å². The van der Waals surface area contributed by atoms with Crippen molar-refractivity contribution >= 4 is 71.6 Å². The third-order valence-electron chi connectivity index (χ3n) is 13.4. The molecule has 0 bridgehead atoms. The number of rotatable bonds is 8. The molecule has 0 radical (unpaired) electrons. The predicted molar refractivity (Wildman–Crippen MR) is 282 cm³/mol. The van der Waals surface area contributed by atoms with E-state index in [1.807, 2.05) is 12.1 Å². The number of benzene rings is 11. The standard InChI is InChI=1S/C64H42N2O/c1-2-12-46(13-3-1)54-19-10-14-48-15-11-20-55(64(48)54)47-30-39-52(40-31-47)65(51-35-28-45(29-36-51)49-32-41-63-59(42-49)58-18-6-9-23-62(58)67-63)50-33-24-43(25-34-50)44-26-37-53(38-27-44)66-60-21-7-4-16-56(60)57-17-5-8-22-61(57)66/h1-42H. The molecule has 2 aromatic heterocycles. The Kier molecular flexibility index (Phi) is 9.17. The third-order valence-corrected chi connectivity index (χ3v) is 13.4. The quantitative estimate of drug-likeness (QED) is 0.152. The monoisotopic (exact) mass is 854 g/mol. The van der Waals surface area contributed by atoms with Gasteiger partial charge in [-0.05, 0) is 134 Å². The highest BCUT2D eigenvalue weighted by molar-refractivity contribution is 6.10. The van der Waals surface area contributed by atoms with Crippen molar-refractivity contribution in [1.82, 2.24) is 4.57 Å². The Labute approximate surface area is 388 Å². The summed E-state index contributed by atoms with van der Waals surface area (Å²) in [5.41, 5.74) is 18.1. The smallest absolute Gasteiger partial charge is 0.135 e. The number of anilines is 3. The van der Waals surface area contributed by atoms with Crippen molar-refractivity contribution < 1.29 is 4.42 Å². The molecule has 0 saturated heterocycles. The largest absolute Gasteiger partial charge is 0.456 e. The zero-order valence-corrected chi connectivity index (χ0v) is 36.6. The van der Waals surface area contributed by atoms with Crippen LogP contribution in [0.2, 0.25) is 0 Å². The molecule has 0 aliphatic heterocycles. The maximum Gasteiger partial charge on any atom is 0.135 e. The van der Waals surface area contributed by atoms with Crippen LogP contribution in [0.3, 0.4) is 0 Å². The normalized spacial score (nSPS) is 11.6. The second kappa shape index (κ2) is 16.0. The molecule has 0 spiro atoms. The van der Waals surface area contributed by atoms with Gasteiger partial charge in [-0.25, -0.2) is 0 Å². The Morgan fingerprint density at radius 1 is 0.299 bits per heavy atom. The van der Waals surface area contributed by atoms with Crippen LogP contribution in [0, 0.1) is 0 Å². The lowest BCUT2D eigenvalue weighted by Crippen LogP contribution is -2.09. The second-order valence-electron chi connectivity index (χ2n) is 17.3. The zero-order chi connectivity index (χ0) is 44.3. The molecule has 0 aliphatic carbocycles. The molecule has 0 aliphatic rings. The van der Waals surface area contributed by atoms with Gasteiger partial charge < -0.3 is 13.9 Å². The van der Waals surface area contributed by atoms with Crippen molar-refractivity contribution in [1.29, 1.82) is 0 Å². The molecule has 2 heterocycles. The van der Waals surface area contributed by atoms with E-state index in [4.69, 9.17) is 4.42 Å². The highest BCUT2D eigenvalue weighted by Gasteiger charge is 2.17. The first kappa shape index (κ1) is 38.5. The van der Waals surface area contributed by atoms with E-state index in [2.05, 4.69) is 252 Å². The van der Waals surface area contributed by atoms with Crippen LogP contribution in [0.15, 0.2) is 259 Å². The molecule has 3 heteroatoms. The molecule has 13 rings (SSSR count). The first-order valence-corrected chi connectivity index (χ1v) is 22.9. The van der Waals surface area contributed by atoms with Crippen LogP contribution < -0.4 is 4.90 Å². The Morgan fingerprint density at radius 3 is 1.34 bits per heavy atom. The van der Waals surface area contributed by atoms with Crippen LogP contribution >= 0.6 is 0 Å². The molecule has 0 fully saturated rings. The molecule has 314 valence electrons. The van der Waals surface area contributed by atoms with Gasteiger partial charge in [-0.3, -0.25) is 0 Å². The molecule has 11 aromatic carbocycles. The number of hydrogen-bond acceptors (Lipinski definition) is 2. The second-order valence-corrected chi connectivity index (χ2v) is 17.3. The average molecular weight is 855 g/mol. The fraction of sp³-hybridized carbons (Fsp3) is 0. The SMILES string of the molecule is c1ccc(-c2cccc3cccc(-c4ccc(N(c5ccc(-c6ccc(-n7c8ccccc8c8ccccc87)cc6)cc5)c5ccc(-c6ccc7oc8ccccc8c7c6)cc5)cc4)c23)cc1. The van der Waals surface area contributed by atoms with Crippen LogP contribution in [0.1, 0.15) is 0 Å². The number of furan rings is 1. The van der Waals surface area contributed by atoms with Crippen molar-refractivity contribution in [3.05, 3.63) is 255 Å². The Morgan fingerprint density at radius 2 is 0.746 bits per heavy atom. The minimum atomic E-state index is 0.901. The van der Waals surface area contributed by atoms with Gasteiger partial charge in [-0.1, -0.05) is 176 Å². The molecule has 0 atom stereocenters. The number of para-hydroxylation sites is 3. The minimum absolute atomic E-state index is 0.901. The molecule has 0 amide bonds. The van der Waals surface area contributed by atoms with Gasteiger partial charge in [-0.15, -0.1) is 0 Å². The van der Waals surface area contributed by atoms with Crippen LogP contribution in [-0.4, -0.2) is 4.57 Å². The summed E-state index contributed by atoms with van der Waals surface area (Å²) in [5, 5.41) is 7.28. The maximum absolute atomic E-state index is 6.15. The molecule has 0 N–H and O–H groups in total. The molecular weight excluding hydrogens is 813 g/mol. The summed E-state index contributed by atoms with van der Waals surface area (Å²) in [7, 11) is 0. The number of fused-ring (bicyclic) bond motifs is 7. The van der Waals surface area contributed by atoms with Crippen LogP contribution in [0.5, 0.6) is 0 Å². The third kappa shape index (κ3) is 6.67. The predicted octanol–water partition coefficient (Wildman–Crippen LogP) is 18.0. The van der Waals surface area contributed by atoms with Gasteiger partial charge in [0.1, 0.15) is 11.2 Å². The van der Waals surface area contributed by atoms with E-state index in [9.17, 15) is 0 Å². The molecule has 3 nitrogen and oxygen atoms in total. The molecule has 0 unspecified atom stereocenters. The fourth-order valence-electron chi connectivity index (χ4n) is 10.2. The van der Waals surface area contributed by atoms with E-state index in [0.717, 1.165) is 61.4 Å². The molecule has 67 heavy (non-hydrogen) atoms. The zero-order valence-electron chi connectivity index (χ0n) is 36.6. The summed E-state index contributed by atoms with van der Waals surface area (Å²) >= 11 is 0. The van der Waals surface area contributed by atoms with Crippen molar-refractivity contribution in [3.63, 3.8) is 0 Å². The lowest BCUT2D eigenvalue weighted by Gasteiger charge is -2.26. The van der Waals surface area contributed by atoms with Gasteiger partial charge in [0.15, 0.2) is 0 Å². The molecule has 13 aromatic rings. The highest BCUT2D eigenvalue weighted by atomic mass is 16.3. The number of aromatic nitrogens is 1. The topological polar surface area (TPSA) is 21.3 Å². The Bertz CT molecular complexity index is 3880. The van der Waals surface area contributed by atoms with E-state index >= 15 is 0 Å². The van der Waals surface area contributed by atoms with Crippen molar-refractivity contribution in [3.8, 4) is 50.2 Å². The number of nitrogens with zero attached hydrogens (tertiary/aromatic N) is 2. The maximum atomic E-state index is 6.15. The summed E-state index contributed by atoms with van der Waals surface area (Å²) in [6, 6.07) is 91.9. The van der Waals surface area contributed by atoms with Gasteiger partial charge in [0.2, 0.25) is 0 Å². The lowest BCUT2D eigenvalue weighted by atomic mass is 9.91. The minimum Gasteiger partial charge on any atom is -0.456 e. The van der Waals surface area contributed by atoms with Crippen molar-refractivity contribution in [2.45, 2.75) is 0 Å². The summed E-state index contributed by atoms with van der Waals surface area (Å²) in [5.74, 6) is 0. The molecular formula is C64H42N2O. The van der Waals surface area contributed by atoms with E-state index in [1.54, 1.807) is 0 Å². The summed E-state index contributed by atoms with van der Waals surface area (Å²) in [6.07, 6.45) is 0. The van der Waals surface area contributed by atoms with Gasteiger partial charge in [0.05, 0.1) is 11.0 Å². The summed E-state index contributed by atoms with van der Waals surface area (Å²) < 4.78 is 8.52. The van der Waals surface area contributed by atoms with Crippen molar-refractivity contribution in [2.75, 3.05) is 4.90 Å². The Hall–Kier alpha value is -8.92. The fourth-order valence-corrected chi connectivity index (χ4v) is 10.2. The Balaban J connectivity index is 0.870. The number of hydrogen-bond donors (Lipinski definition) is 0. The van der Waals surface area contributed by atoms with Crippen LogP contribution in [0.4, 0.5) is 17.1 Å². The molecule has 0 saturated carbocycles. The van der Waals surface area contributed by atoms with Crippen molar-refractivity contribution in [2.24, 2.45) is 0 Å². The van der Waals surface area contributed by atoms with E-state index in [1.165, 1.54) is 60.4 Å². The first-order chi connectivity index (χ1) is 33.2. The van der Waals surface area contributed by atoms with Gasteiger partial charge in [-0.2, -0.15) is 0 Å². The lowest BCUT2D eigenvalue weighted by molar-refractivity contribution is 0.669. The average Bonchev–Trinajstić information content (AvgIpc) is 3.95. The van der Waals surface area contributed by atoms with E-state index in [0.29, 0.717) is 0 Å². The highest BCUT2D eigenvalue weighted by Crippen LogP contribution is 2.41. The first-order valence-electron chi connectivity index (χ1n) is 22.9. The van der Waals surface area contributed by atoms with E-state index in [-0.39, 0.29) is 0 Å². The van der Waals surface area contributed by atoms with Gasteiger partial charge in [0, 0.05) is 44.3 Å². The summed E-state index contributed by atoms with van der Waals surface area (Å²) in [6.45, 7) is 0. The van der Waals surface area contributed by atoms with Crippen LogP contribution in [-0.2, 0) is 0 Å². The van der Waals surface area contributed by atoms with Gasteiger partial charge >= 0.3 is 0 Å². The van der Waals surface area contributed by atoms with Crippen LogP contribution in [0.25, 0.3) is 105 Å². The summed E-state index contributed by atoms with van der Waals surface area (Å²) in [4.78, 5) is 2.36. The van der Waals surface area contributed by atoms with Gasteiger partial charge in [0.25, 0.3) is 0 Å².